The summed E-state index contributed by atoms with van der Waals surface area (Å²) < 4.78 is 10.5. The molecule has 0 N–H and O–H groups in total. The van der Waals surface area contributed by atoms with Crippen molar-refractivity contribution in [2.45, 2.75) is 12.8 Å². The molecule has 3 heteroatoms. The topological polar surface area (TPSA) is 32.6 Å². The van der Waals surface area contributed by atoms with Crippen LogP contribution in [0.3, 0.4) is 0 Å². The highest BCUT2D eigenvalue weighted by Crippen LogP contribution is 2.39. The fraction of sp³-hybridized carbons (Fsp3) is 0.455. The summed E-state index contributed by atoms with van der Waals surface area (Å²) in [5, 5.41) is 4.47. The van der Waals surface area contributed by atoms with E-state index >= 15 is 0 Å². The Morgan fingerprint density at radius 1 is 1.21 bits per heavy atom. The number of hydrogen-bond acceptors (Lipinski definition) is 2. The number of rotatable bonds is 2. The lowest BCUT2D eigenvalue weighted by Gasteiger charge is -2.19. The molecule has 0 fully saturated rings. The molecule has 1 aliphatic heterocycles. The third-order valence-electron chi connectivity index (χ3n) is 2.48. The SMILES string of the molecule is COc1ccc2c(c1OC)[N]CCC2. The molecule has 0 bridgehead atoms. The van der Waals surface area contributed by atoms with Gasteiger partial charge in [-0.2, -0.15) is 0 Å². The maximum Gasteiger partial charge on any atom is 0.186 e. The summed E-state index contributed by atoms with van der Waals surface area (Å²) in [6, 6.07) is 4.01. The maximum atomic E-state index is 5.32. The Morgan fingerprint density at radius 2 is 2.07 bits per heavy atom. The van der Waals surface area contributed by atoms with Crippen LogP contribution in [0.4, 0.5) is 5.69 Å². The van der Waals surface area contributed by atoms with Crippen LogP contribution >= 0.6 is 0 Å². The van der Waals surface area contributed by atoms with Crippen molar-refractivity contribution in [2.75, 3.05) is 20.8 Å². The molecule has 0 aromatic heterocycles. The van der Waals surface area contributed by atoms with Crippen molar-refractivity contribution in [1.29, 1.82) is 0 Å². The summed E-state index contributed by atoms with van der Waals surface area (Å²) in [4.78, 5) is 0. The Balaban J connectivity index is 2.50. The second-order valence-corrected chi connectivity index (χ2v) is 3.29. The van der Waals surface area contributed by atoms with E-state index in [0.717, 1.165) is 36.6 Å². The zero-order valence-electron chi connectivity index (χ0n) is 8.54. The van der Waals surface area contributed by atoms with Crippen LogP contribution in [-0.4, -0.2) is 20.8 Å². The molecule has 1 aliphatic rings. The number of fused-ring (bicyclic) bond motifs is 1. The molecule has 1 heterocycles. The highest BCUT2D eigenvalue weighted by atomic mass is 16.5. The second-order valence-electron chi connectivity index (χ2n) is 3.29. The molecule has 0 saturated heterocycles. The van der Waals surface area contributed by atoms with Crippen molar-refractivity contribution < 1.29 is 9.47 Å². The Morgan fingerprint density at radius 3 is 2.79 bits per heavy atom. The first kappa shape index (κ1) is 9.19. The molecule has 3 nitrogen and oxygen atoms in total. The molecule has 0 unspecified atom stereocenters. The largest absolute Gasteiger partial charge is 0.493 e. The number of aryl methyl sites for hydroxylation is 1. The van der Waals surface area contributed by atoms with Crippen LogP contribution in [0.5, 0.6) is 11.5 Å². The van der Waals surface area contributed by atoms with Gasteiger partial charge in [-0.1, -0.05) is 6.07 Å². The first-order valence-electron chi connectivity index (χ1n) is 4.78. The third kappa shape index (κ3) is 1.39. The third-order valence-corrected chi connectivity index (χ3v) is 2.48. The van der Waals surface area contributed by atoms with Crippen LogP contribution < -0.4 is 14.8 Å². The van der Waals surface area contributed by atoms with E-state index in [1.54, 1.807) is 14.2 Å². The van der Waals surface area contributed by atoms with Gasteiger partial charge in [0.2, 0.25) is 0 Å². The van der Waals surface area contributed by atoms with Crippen LogP contribution in [-0.2, 0) is 6.42 Å². The molecule has 1 aromatic carbocycles. The molecule has 0 amide bonds. The standard InChI is InChI=1S/C11H14NO2/c1-13-9-6-5-8-4-3-7-12-10(8)11(9)14-2/h5-6H,3-4,7H2,1-2H3. The van der Waals surface area contributed by atoms with Gasteiger partial charge in [0.05, 0.1) is 14.2 Å². The normalized spacial score (nSPS) is 14.1. The minimum absolute atomic E-state index is 0.761. The average Bonchev–Trinajstić information content (AvgIpc) is 2.27. The highest BCUT2D eigenvalue weighted by molar-refractivity contribution is 5.64. The Hall–Kier alpha value is -1.38. The number of nitrogens with zero attached hydrogens (tertiary/aromatic N) is 1. The zero-order valence-corrected chi connectivity index (χ0v) is 8.54. The van der Waals surface area contributed by atoms with E-state index in [-0.39, 0.29) is 0 Å². The number of methoxy groups -OCH3 is 2. The summed E-state index contributed by atoms with van der Waals surface area (Å²) >= 11 is 0. The molecule has 1 radical (unpaired) electrons. The van der Waals surface area contributed by atoms with E-state index in [0.29, 0.717) is 0 Å². The van der Waals surface area contributed by atoms with E-state index in [4.69, 9.17) is 9.47 Å². The Kier molecular flexibility index (Phi) is 2.48. The smallest absolute Gasteiger partial charge is 0.186 e. The molecule has 0 atom stereocenters. The predicted octanol–water partition coefficient (Wildman–Crippen LogP) is 1.89. The maximum absolute atomic E-state index is 5.32. The lowest BCUT2D eigenvalue weighted by atomic mass is 10.0. The summed E-state index contributed by atoms with van der Waals surface area (Å²) in [5.41, 5.74) is 2.23. The van der Waals surface area contributed by atoms with Crippen LogP contribution in [0.1, 0.15) is 12.0 Å². The van der Waals surface area contributed by atoms with Crippen LogP contribution in [0.15, 0.2) is 12.1 Å². The number of ether oxygens (including phenoxy) is 2. The van der Waals surface area contributed by atoms with E-state index in [2.05, 4.69) is 11.4 Å². The fourth-order valence-corrected chi connectivity index (χ4v) is 1.79. The zero-order chi connectivity index (χ0) is 9.97. The van der Waals surface area contributed by atoms with Gasteiger partial charge in [0.25, 0.3) is 0 Å². The summed E-state index contributed by atoms with van der Waals surface area (Å²) in [5.74, 6) is 1.53. The van der Waals surface area contributed by atoms with Crippen molar-refractivity contribution >= 4 is 5.69 Å². The van der Waals surface area contributed by atoms with Crippen molar-refractivity contribution in [1.82, 2.24) is 5.32 Å². The van der Waals surface area contributed by atoms with E-state index in [1.807, 2.05) is 6.07 Å². The van der Waals surface area contributed by atoms with Crippen molar-refractivity contribution in [3.05, 3.63) is 17.7 Å². The minimum atomic E-state index is 0.761. The Labute approximate surface area is 84.0 Å². The highest BCUT2D eigenvalue weighted by Gasteiger charge is 2.18. The van der Waals surface area contributed by atoms with E-state index in [1.165, 1.54) is 5.56 Å². The molecule has 0 spiro atoms. The van der Waals surface area contributed by atoms with Crippen molar-refractivity contribution in [3.63, 3.8) is 0 Å². The lowest BCUT2D eigenvalue weighted by molar-refractivity contribution is 0.353. The molecule has 0 saturated carbocycles. The minimum Gasteiger partial charge on any atom is -0.493 e. The fourth-order valence-electron chi connectivity index (χ4n) is 1.79. The molecule has 14 heavy (non-hydrogen) atoms. The molecular weight excluding hydrogens is 178 g/mol. The number of benzene rings is 1. The van der Waals surface area contributed by atoms with Crippen molar-refractivity contribution in [2.24, 2.45) is 0 Å². The lowest BCUT2D eigenvalue weighted by Crippen LogP contribution is -2.12. The monoisotopic (exact) mass is 192 g/mol. The van der Waals surface area contributed by atoms with Gasteiger partial charge >= 0.3 is 0 Å². The van der Waals surface area contributed by atoms with Crippen LogP contribution in [0.2, 0.25) is 0 Å². The second kappa shape index (κ2) is 3.78. The molecule has 0 aliphatic carbocycles. The van der Waals surface area contributed by atoms with Gasteiger partial charge in [0, 0.05) is 6.54 Å². The predicted molar refractivity (Wildman–Crippen MR) is 54.5 cm³/mol. The van der Waals surface area contributed by atoms with E-state index in [9.17, 15) is 0 Å². The quantitative estimate of drug-likeness (QED) is 0.716. The molecule has 75 valence electrons. The van der Waals surface area contributed by atoms with Gasteiger partial charge in [-0.05, 0) is 24.5 Å². The number of hydrogen-bond donors (Lipinski definition) is 0. The van der Waals surface area contributed by atoms with Gasteiger partial charge < -0.3 is 9.47 Å². The first-order valence-corrected chi connectivity index (χ1v) is 4.78. The van der Waals surface area contributed by atoms with Crippen molar-refractivity contribution in [3.8, 4) is 11.5 Å². The molecule has 2 rings (SSSR count). The Bertz CT molecular complexity index is 321. The van der Waals surface area contributed by atoms with Gasteiger partial charge in [0.1, 0.15) is 5.69 Å². The average molecular weight is 192 g/mol. The van der Waals surface area contributed by atoms with E-state index < -0.39 is 0 Å². The summed E-state index contributed by atoms with van der Waals surface area (Å²) in [7, 11) is 3.30. The summed E-state index contributed by atoms with van der Waals surface area (Å²) in [6.07, 6.45) is 2.21. The molecule has 1 aromatic rings. The van der Waals surface area contributed by atoms with Gasteiger partial charge in [-0.25, -0.2) is 0 Å². The molecular formula is C11H14NO2. The van der Waals surface area contributed by atoms with Crippen LogP contribution in [0.25, 0.3) is 0 Å². The van der Waals surface area contributed by atoms with Gasteiger partial charge in [-0.15, -0.1) is 0 Å². The van der Waals surface area contributed by atoms with Crippen LogP contribution in [0, 0.1) is 0 Å². The first-order chi connectivity index (χ1) is 6.86. The van der Waals surface area contributed by atoms with Gasteiger partial charge in [0.15, 0.2) is 11.5 Å². The van der Waals surface area contributed by atoms with Gasteiger partial charge in [-0.3, -0.25) is 5.32 Å². The summed E-state index contributed by atoms with van der Waals surface area (Å²) in [6.45, 7) is 0.885.